The topological polar surface area (TPSA) is 17.8 Å². The van der Waals surface area contributed by atoms with Crippen molar-refractivity contribution in [2.75, 3.05) is 0 Å². The van der Waals surface area contributed by atoms with Gasteiger partial charge in [-0.05, 0) is 17.7 Å². The van der Waals surface area contributed by atoms with Crippen LogP contribution in [-0.2, 0) is 0 Å². The average Bonchev–Trinajstić information content (AvgIpc) is 2.61. The molecule has 0 atom stereocenters. The van der Waals surface area contributed by atoms with E-state index in [1.807, 2.05) is 23.0 Å². The molecule has 0 aromatic heterocycles. The number of aromatic nitrogens is 2. The first-order chi connectivity index (χ1) is 5.84. The second-order valence-corrected chi connectivity index (χ2v) is 3.74. The van der Waals surface area contributed by atoms with Crippen LogP contribution in [0, 0.1) is 0 Å². The molecule has 58 valence electrons. The minimum absolute atomic E-state index is 1.11. The molecule has 1 aromatic rings. The lowest BCUT2D eigenvalue weighted by molar-refractivity contribution is 1.11. The molecule has 1 aromatic carbocycles. The van der Waals surface area contributed by atoms with Gasteiger partial charge in [0.2, 0.25) is 0 Å². The maximum Gasteiger partial charge on any atom is 0.183 e. The van der Waals surface area contributed by atoms with Crippen LogP contribution >= 0.6 is 15.9 Å². The van der Waals surface area contributed by atoms with Gasteiger partial charge in [0, 0.05) is 16.2 Å². The van der Waals surface area contributed by atoms with E-state index in [4.69, 9.17) is 0 Å². The maximum absolute atomic E-state index is 4.10. The van der Waals surface area contributed by atoms with E-state index in [0.29, 0.717) is 0 Å². The monoisotopic (exact) mass is 220 g/mol. The fraction of sp³-hybridized carbons (Fsp3) is 0. The zero-order valence-corrected chi connectivity index (χ0v) is 7.75. The van der Waals surface area contributed by atoms with Crippen LogP contribution in [0.15, 0.2) is 34.9 Å². The summed E-state index contributed by atoms with van der Waals surface area (Å²) in [5, 5.41) is 4.10. The lowest BCUT2D eigenvalue weighted by Crippen LogP contribution is -1.87. The first-order valence-corrected chi connectivity index (χ1v) is 4.50. The molecule has 0 saturated carbocycles. The molecule has 0 bridgehead atoms. The largest absolute Gasteiger partial charge is 0.217 e. The van der Waals surface area contributed by atoms with Crippen molar-refractivity contribution < 1.29 is 0 Å². The summed E-state index contributed by atoms with van der Waals surface area (Å²) in [5.74, 6) is 1.12. The van der Waals surface area contributed by atoms with Gasteiger partial charge < -0.3 is 0 Å². The maximum atomic E-state index is 4.10. The summed E-state index contributed by atoms with van der Waals surface area (Å²) in [6, 6.07) is 8.25. The van der Waals surface area contributed by atoms with Gasteiger partial charge in [-0.3, -0.25) is 0 Å². The Morgan fingerprint density at radius 3 is 2.83 bits per heavy atom. The van der Waals surface area contributed by atoms with Crippen LogP contribution in [0.1, 0.15) is 0 Å². The van der Waals surface area contributed by atoms with Crippen molar-refractivity contribution in [2.45, 2.75) is 0 Å². The Labute approximate surface area is 78.0 Å². The van der Waals surface area contributed by atoms with E-state index in [0.717, 1.165) is 10.3 Å². The molecule has 0 unspecified atom stereocenters. The van der Waals surface area contributed by atoms with Crippen LogP contribution in [0.4, 0.5) is 0 Å². The molecule has 3 heteroatoms. The molecule has 0 fully saturated rings. The van der Waals surface area contributed by atoms with E-state index in [9.17, 15) is 0 Å². The second-order valence-electron chi connectivity index (χ2n) is 2.82. The second kappa shape index (κ2) is 1.98. The molecular weight excluding hydrogens is 216 g/mol. The quantitative estimate of drug-likeness (QED) is 0.617. The van der Waals surface area contributed by atoms with E-state index in [1.54, 1.807) is 0 Å². The van der Waals surface area contributed by atoms with Crippen molar-refractivity contribution in [3.05, 3.63) is 34.9 Å². The van der Waals surface area contributed by atoms with Gasteiger partial charge in [0.1, 0.15) is 0 Å². The fourth-order valence-electron chi connectivity index (χ4n) is 1.32. The lowest BCUT2D eigenvalue weighted by Gasteiger charge is -2.02. The number of hydrogen-bond acceptors (Lipinski definition) is 1. The van der Waals surface area contributed by atoms with E-state index in [-0.39, 0.29) is 0 Å². The van der Waals surface area contributed by atoms with Crippen molar-refractivity contribution in [3.63, 3.8) is 0 Å². The molecule has 2 aliphatic rings. The lowest BCUT2D eigenvalue weighted by atomic mass is 10.1. The van der Waals surface area contributed by atoms with Gasteiger partial charge >= 0.3 is 0 Å². The molecule has 2 aliphatic heterocycles. The van der Waals surface area contributed by atoms with E-state index in [2.05, 4.69) is 33.2 Å². The summed E-state index contributed by atoms with van der Waals surface area (Å²) < 4.78 is 3.00. The van der Waals surface area contributed by atoms with E-state index in [1.165, 1.54) is 11.1 Å². The van der Waals surface area contributed by atoms with Crippen molar-refractivity contribution in [3.8, 4) is 16.9 Å². The SMILES string of the molecule is Brc1cccc(-c2cn3nc2-3)c1. The molecule has 0 aliphatic carbocycles. The molecule has 0 N–H and O–H groups in total. The number of fused-ring (bicyclic) bond motifs is 1. The Morgan fingerprint density at radius 2 is 2.25 bits per heavy atom. The zero-order valence-electron chi connectivity index (χ0n) is 6.16. The molecular formula is C9H5BrN2. The Kier molecular flexibility index (Phi) is 1.06. The molecule has 12 heavy (non-hydrogen) atoms. The van der Waals surface area contributed by atoms with Crippen LogP contribution in [0.25, 0.3) is 16.9 Å². The van der Waals surface area contributed by atoms with Crippen LogP contribution in [0.3, 0.4) is 0 Å². The first-order valence-electron chi connectivity index (χ1n) is 3.70. The third kappa shape index (κ3) is 0.770. The third-order valence-electron chi connectivity index (χ3n) is 2.01. The summed E-state index contributed by atoms with van der Waals surface area (Å²) in [6.07, 6.45) is 2.04. The molecule has 2 heterocycles. The van der Waals surface area contributed by atoms with Gasteiger partial charge in [-0.1, -0.05) is 28.1 Å². The van der Waals surface area contributed by atoms with Crippen molar-refractivity contribution in [2.24, 2.45) is 0 Å². The standard InChI is InChI=1S/C9H5BrN2/c10-7-3-1-2-6(4-7)8-5-12-9(8)11-12/h1-5H. The highest BCUT2D eigenvalue weighted by Gasteiger charge is 2.24. The fourth-order valence-corrected chi connectivity index (χ4v) is 1.72. The predicted molar refractivity (Wildman–Crippen MR) is 50.3 cm³/mol. The smallest absolute Gasteiger partial charge is 0.183 e. The third-order valence-corrected chi connectivity index (χ3v) is 2.50. The van der Waals surface area contributed by atoms with Crippen molar-refractivity contribution in [1.29, 1.82) is 0 Å². The number of nitrogens with zero attached hydrogens (tertiary/aromatic N) is 2. The van der Waals surface area contributed by atoms with Gasteiger partial charge in [0.25, 0.3) is 0 Å². The first kappa shape index (κ1) is 6.43. The minimum atomic E-state index is 1.11. The number of rotatable bonds is 1. The molecule has 3 rings (SSSR count). The normalized spacial score (nSPS) is 11.8. The molecule has 2 nitrogen and oxygen atoms in total. The van der Waals surface area contributed by atoms with Gasteiger partial charge in [-0.25, -0.2) is 4.68 Å². The molecule has 0 radical (unpaired) electrons. The average molecular weight is 221 g/mol. The van der Waals surface area contributed by atoms with Gasteiger partial charge in [0.15, 0.2) is 5.82 Å². The highest BCUT2D eigenvalue weighted by atomic mass is 79.9. The van der Waals surface area contributed by atoms with Crippen LogP contribution in [0.5, 0.6) is 0 Å². The number of halogens is 1. The molecule has 0 amide bonds. The molecule has 0 spiro atoms. The Balaban J connectivity index is 2.14. The highest BCUT2D eigenvalue weighted by molar-refractivity contribution is 9.10. The summed E-state index contributed by atoms with van der Waals surface area (Å²) in [4.78, 5) is 0. The van der Waals surface area contributed by atoms with Crippen molar-refractivity contribution >= 4 is 15.9 Å². The van der Waals surface area contributed by atoms with E-state index < -0.39 is 0 Å². The van der Waals surface area contributed by atoms with Gasteiger partial charge in [0.05, 0.1) is 0 Å². The number of benzene rings is 1. The van der Waals surface area contributed by atoms with Crippen LogP contribution in [-0.4, -0.2) is 9.78 Å². The Hall–Kier alpha value is -1.09. The van der Waals surface area contributed by atoms with Gasteiger partial charge in [-0.2, -0.15) is 0 Å². The Morgan fingerprint density at radius 1 is 1.33 bits per heavy atom. The predicted octanol–water partition coefficient (Wildman–Crippen LogP) is 2.62. The number of hydrogen-bond donors (Lipinski definition) is 0. The summed E-state index contributed by atoms with van der Waals surface area (Å²) >= 11 is 3.44. The van der Waals surface area contributed by atoms with Crippen LogP contribution < -0.4 is 0 Å². The van der Waals surface area contributed by atoms with Gasteiger partial charge in [-0.15, -0.1) is 5.10 Å². The van der Waals surface area contributed by atoms with Crippen LogP contribution in [0.2, 0.25) is 0 Å². The summed E-state index contributed by atoms with van der Waals surface area (Å²) in [7, 11) is 0. The minimum Gasteiger partial charge on any atom is -0.217 e. The van der Waals surface area contributed by atoms with E-state index >= 15 is 0 Å². The highest BCUT2D eigenvalue weighted by Crippen LogP contribution is 2.35. The Bertz CT molecular complexity index is 459. The van der Waals surface area contributed by atoms with Crippen molar-refractivity contribution in [1.82, 2.24) is 9.78 Å². The summed E-state index contributed by atoms with van der Waals surface area (Å²) in [6.45, 7) is 0. The summed E-state index contributed by atoms with van der Waals surface area (Å²) in [5.41, 5.74) is 2.48. The zero-order chi connectivity index (χ0) is 8.13. The molecule has 0 saturated heterocycles.